The molecule has 1 rings (SSSR count). The zero-order valence-corrected chi connectivity index (χ0v) is 8.81. The molecule has 0 aliphatic carbocycles. The van der Waals surface area contributed by atoms with Crippen LogP contribution in [0.15, 0.2) is 24.5 Å². The molecule has 0 amide bonds. The fourth-order valence-corrected chi connectivity index (χ4v) is 1.38. The molecular formula is C11H16N2O2. The lowest BCUT2D eigenvalue weighted by atomic mass is 10.1. The summed E-state index contributed by atoms with van der Waals surface area (Å²) < 4.78 is 0. The Hall–Kier alpha value is -1.42. The summed E-state index contributed by atoms with van der Waals surface area (Å²) in [5, 5.41) is 12.0. The van der Waals surface area contributed by atoms with E-state index in [0.717, 1.165) is 18.5 Å². The molecule has 4 nitrogen and oxygen atoms in total. The molecule has 1 aromatic heterocycles. The maximum absolute atomic E-state index is 10.7. The van der Waals surface area contributed by atoms with Gasteiger partial charge in [-0.1, -0.05) is 13.0 Å². The summed E-state index contributed by atoms with van der Waals surface area (Å²) in [6.07, 6.45) is 4.46. The summed E-state index contributed by atoms with van der Waals surface area (Å²) in [4.78, 5) is 14.7. The monoisotopic (exact) mass is 208 g/mol. The maximum Gasteiger partial charge on any atom is 0.305 e. The van der Waals surface area contributed by atoms with Crippen LogP contribution in [0.3, 0.4) is 0 Å². The van der Waals surface area contributed by atoms with Crippen molar-refractivity contribution in [3.05, 3.63) is 30.1 Å². The van der Waals surface area contributed by atoms with Crippen molar-refractivity contribution in [1.82, 2.24) is 10.3 Å². The summed E-state index contributed by atoms with van der Waals surface area (Å²) in [5.74, 6) is -0.799. The van der Waals surface area contributed by atoms with Gasteiger partial charge in [-0.2, -0.15) is 0 Å². The van der Waals surface area contributed by atoms with E-state index >= 15 is 0 Å². The van der Waals surface area contributed by atoms with E-state index in [2.05, 4.69) is 10.3 Å². The molecule has 82 valence electrons. The third-order valence-corrected chi connectivity index (χ3v) is 2.11. The van der Waals surface area contributed by atoms with Gasteiger partial charge in [-0.3, -0.25) is 9.78 Å². The Morgan fingerprint density at radius 1 is 1.67 bits per heavy atom. The lowest BCUT2D eigenvalue weighted by Crippen LogP contribution is -2.24. The van der Waals surface area contributed by atoms with Crippen LogP contribution >= 0.6 is 0 Å². The molecule has 1 heterocycles. The minimum absolute atomic E-state index is 0.0890. The van der Waals surface area contributed by atoms with E-state index in [-0.39, 0.29) is 12.5 Å². The molecule has 0 spiro atoms. The highest BCUT2D eigenvalue weighted by atomic mass is 16.4. The molecule has 2 N–H and O–H groups in total. The molecule has 0 radical (unpaired) electrons. The van der Waals surface area contributed by atoms with Crippen molar-refractivity contribution in [2.45, 2.75) is 25.8 Å². The second-order valence-electron chi connectivity index (χ2n) is 3.39. The lowest BCUT2D eigenvalue weighted by Gasteiger charge is -2.16. The van der Waals surface area contributed by atoms with Gasteiger partial charge in [0.1, 0.15) is 0 Å². The van der Waals surface area contributed by atoms with Crippen LogP contribution < -0.4 is 5.32 Å². The van der Waals surface area contributed by atoms with Gasteiger partial charge in [0.15, 0.2) is 0 Å². The zero-order valence-electron chi connectivity index (χ0n) is 8.81. The van der Waals surface area contributed by atoms with Gasteiger partial charge < -0.3 is 10.4 Å². The van der Waals surface area contributed by atoms with Gasteiger partial charge in [0.2, 0.25) is 0 Å². The largest absolute Gasteiger partial charge is 0.481 e. The van der Waals surface area contributed by atoms with Gasteiger partial charge >= 0.3 is 5.97 Å². The molecule has 1 atom stereocenters. The molecule has 0 saturated heterocycles. The van der Waals surface area contributed by atoms with Gasteiger partial charge in [-0.15, -0.1) is 0 Å². The van der Waals surface area contributed by atoms with Gasteiger partial charge in [0, 0.05) is 18.4 Å². The summed E-state index contributed by atoms with van der Waals surface area (Å²) in [7, 11) is 0. The van der Waals surface area contributed by atoms with Crippen LogP contribution in [0, 0.1) is 0 Å². The number of hydrogen-bond acceptors (Lipinski definition) is 3. The van der Waals surface area contributed by atoms with E-state index in [1.807, 2.05) is 19.1 Å². The summed E-state index contributed by atoms with van der Waals surface area (Å²) >= 11 is 0. The molecule has 1 aromatic rings. The molecule has 0 bridgehead atoms. The first kappa shape index (κ1) is 11.7. The highest BCUT2D eigenvalue weighted by molar-refractivity contribution is 5.67. The molecule has 0 aliphatic heterocycles. The summed E-state index contributed by atoms with van der Waals surface area (Å²) in [6.45, 7) is 2.86. The Balaban J connectivity index is 2.67. The quantitative estimate of drug-likeness (QED) is 0.745. The van der Waals surface area contributed by atoms with Gasteiger partial charge in [-0.05, 0) is 24.6 Å². The highest BCUT2D eigenvalue weighted by Crippen LogP contribution is 2.15. The van der Waals surface area contributed by atoms with Gasteiger partial charge in [0.05, 0.1) is 6.42 Å². The van der Waals surface area contributed by atoms with E-state index in [1.165, 1.54) is 0 Å². The fraction of sp³-hybridized carbons (Fsp3) is 0.455. The molecule has 15 heavy (non-hydrogen) atoms. The minimum Gasteiger partial charge on any atom is -0.481 e. The van der Waals surface area contributed by atoms with Crippen LogP contribution in [-0.2, 0) is 4.79 Å². The van der Waals surface area contributed by atoms with E-state index in [4.69, 9.17) is 5.11 Å². The zero-order chi connectivity index (χ0) is 11.1. The number of carboxylic acid groups (broad SMARTS) is 1. The van der Waals surface area contributed by atoms with Crippen molar-refractivity contribution in [2.75, 3.05) is 6.54 Å². The third-order valence-electron chi connectivity index (χ3n) is 2.11. The number of rotatable bonds is 6. The van der Waals surface area contributed by atoms with E-state index in [1.54, 1.807) is 12.4 Å². The maximum atomic E-state index is 10.7. The SMILES string of the molecule is CCCNC(CC(=O)O)c1cccnc1. The van der Waals surface area contributed by atoms with Gasteiger partial charge in [-0.25, -0.2) is 0 Å². The summed E-state index contributed by atoms with van der Waals surface area (Å²) in [6, 6.07) is 3.57. The Kier molecular flexibility index (Phi) is 4.77. The van der Waals surface area contributed by atoms with Crippen LogP contribution in [0.25, 0.3) is 0 Å². The van der Waals surface area contributed by atoms with E-state index in [0.29, 0.717) is 0 Å². The Labute approximate surface area is 89.3 Å². The number of carbonyl (C=O) groups is 1. The number of aromatic nitrogens is 1. The number of aliphatic carboxylic acids is 1. The number of pyridine rings is 1. The first-order valence-corrected chi connectivity index (χ1v) is 5.09. The molecule has 0 fully saturated rings. The second kappa shape index (κ2) is 6.14. The first-order chi connectivity index (χ1) is 7.24. The van der Waals surface area contributed by atoms with Gasteiger partial charge in [0.25, 0.3) is 0 Å². The topological polar surface area (TPSA) is 62.2 Å². The normalized spacial score (nSPS) is 12.3. The summed E-state index contributed by atoms with van der Waals surface area (Å²) in [5.41, 5.74) is 0.924. The Morgan fingerprint density at radius 3 is 3.00 bits per heavy atom. The van der Waals surface area contributed by atoms with Crippen LogP contribution in [0.4, 0.5) is 0 Å². The molecule has 4 heteroatoms. The number of nitrogens with one attached hydrogen (secondary N) is 1. The fourth-order valence-electron chi connectivity index (χ4n) is 1.38. The number of hydrogen-bond donors (Lipinski definition) is 2. The van der Waals surface area contributed by atoms with Crippen molar-refractivity contribution < 1.29 is 9.90 Å². The highest BCUT2D eigenvalue weighted by Gasteiger charge is 2.14. The minimum atomic E-state index is -0.799. The van der Waals surface area contributed by atoms with E-state index < -0.39 is 5.97 Å². The lowest BCUT2D eigenvalue weighted by molar-refractivity contribution is -0.137. The van der Waals surface area contributed by atoms with Crippen LogP contribution in [0.2, 0.25) is 0 Å². The third kappa shape index (κ3) is 4.08. The van der Waals surface area contributed by atoms with Crippen molar-refractivity contribution in [1.29, 1.82) is 0 Å². The van der Waals surface area contributed by atoms with Crippen LogP contribution in [-0.4, -0.2) is 22.6 Å². The smallest absolute Gasteiger partial charge is 0.305 e. The average molecular weight is 208 g/mol. The molecular weight excluding hydrogens is 192 g/mol. The van der Waals surface area contributed by atoms with E-state index in [9.17, 15) is 4.79 Å². The first-order valence-electron chi connectivity index (χ1n) is 5.09. The molecule has 0 aromatic carbocycles. The Morgan fingerprint density at radius 2 is 2.47 bits per heavy atom. The predicted molar refractivity (Wildman–Crippen MR) is 57.5 cm³/mol. The standard InChI is InChI=1S/C11H16N2O2/c1-2-5-13-10(7-11(14)15)9-4-3-6-12-8-9/h3-4,6,8,10,13H,2,5,7H2,1H3,(H,14,15). The van der Waals surface area contributed by atoms with Crippen molar-refractivity contribution in [3.8, 4) is 0 Å². The average Bonchev–Trinajstić information content (AvgIpc) is 2.25. The molecule has 0 aliphatic rings. The number of carboxylic acids is 1. The Bertz CT molecular complexity index is 301. The number of nitrogens with zero attached hydrogens (tertiary/aromatic N) is 1. The predicted octanol–water partition coefficient (Wildman–Crippen LogP) is 1.60. The van der Waals surface area contributed by atoms with Crippen molar-refractivity contribution in [3.63, 3.8) is 0 Å². The van der Waals surface area contributed by atoms with Crippen molar-refractivity contribution >= 4 is 5.97 Å². The second-order valence-corrected chi connectivity index (χ2v) is 3.39. The van der Waals surface area contributed by atoms with Crippen LogP contribution in [0.5, 0.6) is 0 Å². The van der Waals surface area contributed by atoms with Crippen LogP contribution in [0.1, 0.15) is 31.4 Å². The van der Waals surface area contributed by atoms with Crippen molar-refractivity contribution in [2.24, 2.45) is 0 Å². The molecule has 1 unspecified atom stereocenters. The molecule has 0 saturated carbocycles.